The van der Waals surface area contributed by atoms with E-state index in [2.05, 4.69) is 5.32 Å². The van der Waals surface area contributed by atoms with Crippen LogP contribution < -0.4 is 10.6 Å². The van der Waals surface area contributed by atoms with Gasteiger partial charge in [0.05, 0.1) is 5.92 Å². The molecule has 2 amide bonds. The van der Waals surface area contributed by atoms with Crippen LogP contribution in [0.3, 0.4) is 0 Å². The molecule has 116 valence electrons. The summed E-state index contributed by atoms with van der Waals surface area (Å²) in [6.07, 6.45) is -4.41. The lowest BCUT2D eigenvalue weighted by molar-refractivity contribution is -0.162. The van der Waals surface area contributed by atoms with Crippen LogP contribution in [0, 0.1) is 11.8 Å². The van der Waals surface area contributed by atoms with Gasteiger partial charge >= 0.3 is 18.2 Å². The van der Waals surface area contributed by atoms with Crippen molar-refractivity contribution in [2.45, 2.75) is 44.8 Å². The third-order valence-corrected chi connectivity index (χ3v) is 3.26. The Kier molecular flexibility index (Phi) is 4.88. The van der Waals surface area contributed by atoms with E-state index in [9.17, 15) is 22.8 Å². The predicted octanol–water partition coefficient (Wildman–Crippen LogP) is 2.13. The number of carbonyl (C=O) groups excluding carboxylic acids is 1. The molecule has 0 radical (unpaired) electrons. The fourth-order valence-corrected chi connectivity index (χ4v) is 1.92. The molecule has 0 aromatic rings. The zero-order valence-corrected chi connectivity index (χ0v) is 11.4. The van der Waals surface area contributed by atoms with Crippen LogP contribution in [-0.4, -0.2) is 35.4 Å². The molecule has 0 aliphatic heterocycles. The third-order valence-electron chi connectivity index (χ3n) is 3.26. The Bertz CT molecular complexity index is 379. The van der Waals surface area contributed by atoms with Gasteiger partial charge in [0, 0.05) is 6.54 Å². The van der Waals surface area contributed by atoms with E-state index in [1.807, 2.05) is 19.2 Å². The summed E-state index contributed by atoms with van der Waals surface area (Å²) >= 11 is 0. The first-order valence-electron chi connectivity index (χ1n) is 6.43. The average molecular weight is 296 g/mol. The minimum Gasteiger partial charge on any atom is -0.481 e. The number of carbonyl (C=O) groups is 2. The third kappa shape index (κ3) is 4.28. The summed E-state index contributed by atoms with van der Waals surface area (Å²) in [7, 11) is 0. The lowest BCUT2D eigenvalue weighted by Gasteiger charge is -2.22. The Balaban J connectivity index is 2.45. The number of halogens is 3. The molecule has 0 aromatic carbocycles. The van der Waals surface area contributed by atoms with Crippen LogP contribution in [0.15, 0.2) is 0 Å². The maximum absolute atomic E-state index is 12.6. The van der Waals surface area contributed by atoms with Crippen LogP contribution in [0.5, 0.6) is 0 Å². The van der Waals surface area contributed by atoms with Gasteiger partial charge in [-0.25, -0.2) is 4.79 Å². The fraction of sp³-hybridized carbons (Fsp3) is 0.833. The molecule has 1 aliphatic carbocycles. The zero-order valence-electron chi connectivity index (χ0n) is 11.4. The molecule has 0 spiro atoms. The normalized spacial score (nSPS) is 18.5. The molecule has 0 bridgehead atoms. The van der Waals surface area contributed by atoms with Crippen LogP contribution >= 0.6 is 0 Å². The highest BCUT2D eigenvalue weighted by molar-refractivity contribution is 5.77. The Morgan fingerprint density at radius 3 is 2.20 bits per heavy atom. The van der Waals surface area contributed by atoms with Gasteiger partial charge < -0.3 is 15.7 Å². The highest BCUT2D eigenvalue weighted by Crippen LogP contribution is 2.48. The topological polar surface area (TPSA) is 78.4 Å². The van der Waals surface area contributed by atoms with Crippen molar-refractivity contribution in [1.29, 1.82) is 0 Å². The van der Waals surface area contributed by atoms with E-state index < -0.39 is 29.6 Å². The molecule has 1 saturated carbocycles. The first-order chi connectivity index (χ1) is 9.07. The van der Waals surface area contributed by atoms with E-state index in [0.29, 0.717) is 6.42 Å². The van der Waals surface area contributed by atoms with Crippen molar-refractivity contribution < 1.29 is 27.9 Å². The molecule has 1 fully saturated rings. The molecule has 1 atom stereocenters. The number of hydrogen-bond donors (Lipinski definition) is 3. The number of carboxylic acid groups (broad SMARTS) is 1. The van der Waals surface area contributed by atoms with E-state index in [-0.39, 0.29) is 25.3 Å². The molecule has 5 nitrogen and oxygen atoms in total. The summed E-state index contributed by atoms with van der Waals surface area (Å²) < 4.78 is 37.9. The van der Waals surface area contributed by atoms with Gasteiger partial charge in [-0.15, -0.1) is 0 Å². The largest absolute Gasteiger partial charge is 0.481 e. The van der Waals surface area contributed by atoms with Crippen molar-refractivity contribution in [3.8, 4) is 0 Å². The van der Waals surface area contributed by atoms with E-state index in [4.69, 9.17) is 5.11 Å². The first kappa shape index (κ1) is 16.6. The van der Waals surface area contributed by atoms with Gasteiger partial charge in [-0.3, -0.25) is 4.79 Å². The second-order valence-electron chi connectivity index (χ2n) is 5.58. The summed E-state index contributed by atoms with van der Waals surface area (Å²) in [5.74, 6) is -1.76. The second-order valence-corrected chi connectivity index (χ2v) is 5.58. The highest BCUT2D eigenvalue weighted by Gasteiger charge is 2.64. The monoisotopic (exact) mass is 296 g/mol. The maximum Gasteiger partial charge on any atom is 0.411 e. The first-order valence-corrected chi connectivity index (χ1v) is 6.43. The average Bonchev–Trinajstić information content (AvgIpc) is 3.03. The SMILES string of the molecule is CC(C)CC(CNC(=O)NC1(C(F)(F)F)CC1)C(=O)O. The number of amides is 2. The number of alkyl halides is 3. The standard InChI is InChI=1S/C12H19F3N2O3/c1-7(2)5-8(9(18)19)6-16-10(20)17-11(3-4-11)12(13,14)15/h7-8H,3-6H2,1-2H3,(H,18,19)(H2,16,17,20). The molecule has 20 heavy (non-hydrogen) atoms. The maximum atomic E-state index is 12.6. The van der Waals surface area contributed by atoms with Gasteiger partial charge in [0.2, 0.25) is 0 Å². The molecular weight excluding hydrogens is 277 g/mol. The Morgan fingerprint density at radius 2 is 1.85 bits per heavy atom. The lowest BCUT2D eigenvalue weighted by Crippen LogP contribution is -2.52. The number of aliphatic carboxylic acids is 1. The summed E-state index contributed by atoms with van der Waals surface area (Å²) in [5.41, 5.74) is -2.13. The summed E-state index contributed by atoms with van der Waals surface area (Å²) in [4.78, 5) is 22.4. The lowest BCUT2D eigenvalue weighted by atomic mass is 9.97. The van der Waals surface area contributed by atoms with Gasteiger partial charge in [0.15, 0.2) is 0 Å². The quantitative estimate of drug-likeness (QED) is 0.702. The van der Waals surface area contributed by atoms with E-state index in [1.165, 1.54) is 0 Å². The number of carboxylic acids is 1. The van der Waals surface area contributed by atoms with Crippen LogP contribution in [0.25, 0.3) is 0 Å². The van der Waals surface area contributed by atoms with Crippen LogP contribution in [0.1, 0.15) is 33.1 Å². The summed E-state index contributed by atoms with van der Waals surface area (Å²) in [5, 5.41) is 13.1. The molecule has 0 aromatic heterocycles. The number of rotatable bonds is 6. The molecule has 1 rings (SSSR count). The van der Waals surface area contributed by atoms with Gasteiger partial charge in [-0.2, -0.15) is 13.2 Å². The fourth-order valence-electron chi connectivity index (χ4n) is 1.92. The van der Waals surface area contributed by atoms with Crippen molar-refractivity contribution >= 4 is 12.0 Å². The van der Waals surface area contributed by atoms with Crippen LogP contribution in [0.2, 0.25) is 0 Å². The van der Waals surface area contributed by atoms with E-state index in [0.717, 1.165) is 0 Å². The van der Waals surface area contributed by atoms with E-state index in [1.54, 1.807) is 0 Å². The molecule has 0 heterocycles. The smallest absolute Gasteiger partial charge is 0.411 e. The molecule has 0 saturated heterocycles. The molecule has 8 heteroatoms. The zero-order chi connectivity index (χ0) is 15.6. The van der Waals surface area contributed by atoms with Gasteiger partial charge in [0.1, 0.15) is 5.54 Å². The van der Waals surface area contributed by atoms with Crippen molar-refractivity contribution in [3.05, 3.63) is 0 Å². The number of urea groups is 1. The molecule has 1 unspecified atom stereocenters. The Morgan fingerprint density at radius 1 is 1.30 bits per heavy atom. The van der Waals surface area contributed by atoms with Gasteiger partial charge in [0.25, 0.3) is 0 Å². The Labute approximate surface area is 114 Å². The van der Waals surface area contributed by atoms with Crippen molar-refractivity contribution in [2.24, 2.45) is 11.8 Å². The summed E-state index contributed by atoms with van der Waals surface area (Å²) in [6.45, 7) is 3.48. The van der Waals surface area contributed by atoms with E-state index >= 15 is 0 Å². The van der Waals surface area contributed by atoms with Crippen molar-refractivity contribution in [3.63, 3.8) is 0 Å². The molecule has 1 aliphatic rings. The minimum atomic E-state index is -4.48. The number of nitrogens with one attached hydrogen (secondary N) is 2. The number of hydrogen-bond acceptors (Lipinski definition) is 2. The highest BCUT2D eigenvalue weighted by atomic mass is 19.4. The minimum absolute atomic E-state index is 0.117. The van der Waals surface area contributed by atoms with Crippen LogP contribution in [0.4, 0.5) is 18.0 Å². The van der Waals surface area contributed by atoms with Crippen molar-refractivity contribution in [1.82, 2.24) is 10.6 Å². The Hall–Kier alpha value is -1.47. The van der Waals surface area contributed by atoms with Crippen LogP contribution in [-0.2, 0) is 4.79 Å². The van der Waals surface area contributed by atoms with Gasteiger partial charge in [-0.1, -0.05) is 13.8 Å². The molecular formula is C12H19F3N2O3. The van der Waals surface area contributed by atoms with Gasteiger partial charge in [-0.05, 0) is 25.2 Å². The summed E-state index contributed by atoms with van der Waals surface area (Å²) in [6, 6.07) is -0.977. The van der Waals surface area contributed by atoms with Crippen molar-refractivity contribution in [2.75, 3.05) is 6.54 Å². The molecule has 3 N–H and O–H groups in total. The predicted molar refractivity (Wildman–Crippen MR) is 65.1 cm³/mol. The second kappa shape index (κ2) is 5.88.